The number of nitrogens with zero attached hydrogens (tertiary/aromatic N) is 1. The van der Waals surface area contributed by atoms with Crippen LogP contribution in [0.1, 0.15) is 23.6 Å². The third-order valence-corrected chi connectivity index (χ3v) is 3.82. The number of hydrogen-bond donors (Lipinski definition) is 2. The smallest absolute Gasteiger partial charge is 0.224 e. The van der Waals surface area contributed by atoms with E-state index in [4.69, 9.17) is 5.73 Å². The van der Waals surface area contributed by atoms with Gasteiger partial charge in [0.1, 0.15) is 0 Å². The highest BCUT2D eigenvalue weighted by Crippen LogP contribution is 2.09. The zero-order valence-electron chi connectivity index (χ0n) is 13.9. The topological polar surface area (TPSA) is 58.4 Å². The van der Waals surface area contributed by atoms with Crippen LogP contribution < -0.4 is 11.1 Å². The van der Waals surface area contributed by atoms with Gasteiger partial charge in [-0.3, -0.25) is 4.79 Å². The van der Waals surface area contributed by atoms with E-state index in [9.17, 15) is 4.79 Å². The molecule has 0 spiro atoms. The molecule has 23 heavy (non-hydrogen) atoms. The number of hydrogen-bond acceptors (Lipinski definition) is 3. The lowest BCUT2D eigenvalue weighted by atomic mass is 10.1. The molecule has 0 atom stereocenters. The number of carbonyl (C=O) groups is 1. The number of amides is 1. The lowest BCUT2D eigenvalue weighted by Gasteiger charge is -2.14. The normalized spacial score (nSPS) is 10.7. The molecule has 0 unspecified atom stereocenters. The van der Waals surface area contributed by atoms with Gasteiger partial charge >= 0.3 is 0 Å². The van der Waals surface area contributed by atoms with Crippen LogP contribution in [0.2, 0.25) is 0 Å². The molecular formula is C19H25N3O. The van der Waals surface area contributed by atoms with Crippen LogP contribution in [-0.2, 0) is 24.3 Å². The highest BCUT2D eigenvalue weighted by molar-refractivity contribution is 5.78. The summed E-state index contributed by atoms with van der Waals surface area (Å²) in [6.45, 7) is 4.63. The van der Waals surface area contributed by atoms with E-state index in [0.717, 1.165) is 24.2 Å². The van der Waals surface area contributed by atoms with Crippen LogP contribution in [0.5, 0.6) is 0 Å². The van der Waals surface area contributed by atoms with Crippen molar-refractivity contribution in [3.63, 3.8) is 0 Å². The van der Waals surface area contributed by atoms with Gasteiger partial charge in [0.15, 0.2) is 0 Å². The Bertz CT molecular complexity index is 637. The summed E-state index contributed by atoms with van der Waals surface area (Å²) in [5, 5.41) is 2.97. The fraction of sp³-hybridized carbons (Fsp3) is 0.316. The number of nitrogens with two attached hydrogens (primary N) is 1. The molecule has 2 aromatic rings. The van der Waals surface area contributed by atoms with E-state index in [2.05, 4.69) is 36.3 Å². The lowest BCUT2D eigenvalue weighted by molar-refractivity contribution is -0.120. The molecular weight excluding hydrogens is 286 g/mol. The molecule has 4 nitrogen and oxygen atoms in total. The summed E-state index contributed by atoms with van der Waals surface area (Å²) in [6, 6.07) is 15.7. The van der Waals surface area contributed by atoms with Crippen molar-refractivity contribution in [1.29, 1.82) is 0 Å². The Balaban J connectivity index is 1.86. The number of nitrogens with one attached hydrogen (secondary N) is 1. The fourth-order valence-electron chi connectivity index (χ4n) is 2.35. The molecule has 0 radical (unpaired) electrons. The molecule has 0 bridgehead atoms. The zero-order valence-corrected chi connectivity index (χ0v) is 13.9. The zero-order chi connectivity index (χ0) is 16.7. The number of anilines is 1. The Morgan fingerprint density at radius 1 is 1.09 bits per heavy atom. The van der Waals surface area contributed by atoms with E-state index < -0.39 is 0 Å². The van der Waals surface area contributed by atoms with Gasteiger partial charge in [0.25, 0.3) is 0 Å². The summed E-state index contributed by atoms with van der Waals surface area (Å²) in [4.78, 5) is 14.3. The summed E-state index contributed by atoms with van der Waals surface area (Å²) < 4.78 is 0. The molecule has 2 aromatic carbocycles. The predicted molar refractivity (Wildman–Crippen MR) is 94.9 cm³/mol. The Labute approximate surface area is 138 Å². The van der Waals surface area contributed by atoms with Gasteiger partial charge in [-0.05, 0) is 42.4 Å². The maximum absolute atomic E-state index is 12.0. The van der Waals surface area contributed by atoms with Crippen molar-refractivity contribution in [1.82, 2.24) is 10.2 Å². The molecule has 0 aliphatic rings. The van der Waals surface area contributed by atoms with Crippen molar-refractivity contribution in [3.05, 3.63) is 65.2 Å². The van der Waals surface area contributed by atoms with E-state index in [1.807, 2.05) is 36.4 Å². The first kappa shape index (κ1) is 17.0. The second kappa shape index (κ2) is 8.34. The average Bonchev–Trinajstić information content (AvgIpc) is 2.55. The number of rotatable bonds is 7. The van der Waals surface area contributed by atoms with Crippen LogP contribution >= 0.6 is 0 Å². The molecule has 0 aliphatic carbocycles. The van der Waals surface area contributed by atoms with E-state index in [0.29, 0.717) is 18.7 Å². The largest absolute Gasteiger partial charge is 0.399 e. The van der Waals surface area contributed by atoms with Gasteiger partial charge in [-0.25, -0.2) is 0 Å². The van der Waals surface area contributed by atoms with Crippen LogP contribution in [0.4, 0.5) is 5.69 Å². The maximum Gasteiger partial charge on any atom is 0.224 e. The van der Waals surface area contributed by atoms with Crippen molar-refractivity contribution in [2.75, 3.05) is 19.3 Å². The second-order valence-corrected chi connectivity index (χ2v) is 5.85. The molecule has 4 heteroatoms. The summed E-state index contributed by atoms with van der Waals surface area (Å²) in [7, 11) is 2.10. The monoisotopic (exact) mass is 311 g/mol. The maximum atomic E-state index is 12.0. The molecule has 2 rings (SSSR count). The lowest BCUT2D eigenvalue weighted by Crippen LogP contribution is -2.24. The molecule has 0 aliphatic heterocycles. The second-order valence-electron chi connectivity index (χ2n) is 5.85. The molecule has 0 saturated carbocycles. The molecule has 0 fully saturated rings. The highest BCUT2D eigenvalue weighted by atomic mass is 16.1. The molecule has 122 valence electrons. The van der Waals surface area contributed by atoms with Gasteiger partial charge in [0.2, 0.25) is 5.91 Å². The molecule has 0 heterocycles. The van der Waals surface area contributed by atoms with Gasteiger partial charge in [-0.1, -0.05) is 43.3 Å². The van der Waals surface area contributed by atoms with Crippen LogP contribution in [0.25, 0.3) is 0 Å². The summed E-state index contributed by atoms with van der Waals surface area (Å²) in [5.74, 6) is 0.0193. The number of benzene rings is 2. The van der Waals surface area contributed by atoms with Crippen LogP contribution in [-0.4, -0.2) is 24.4 Å². The van der Waals surface area contributed by atoms with E-state index in [-0.39, 0.29) is 5.91 Å². The average molecular weight is 311 g/mol. The third kappa shape index (κ3) is 5.75. The quantitative estimate of drug-likeness (QED) is 0.773. The SMILES string of the molecule is CCN(C)Cc1cccc(CNC(=O)Cc2ccc(N)cc2)c1. The number of nitrogen functional groups attached to an aromatic ring is 1. The minimum atomic E-state index is 0.0193. The van der Waals surface area contributed by atoms with E-state index in [1.54, 1.807) is 0 Å². The van der Waals surface area contributed by atoms with Gasteiger partial charge in [0.05, 0.1) is 6.42 Å². The Kier molecular flexibility index (Phi) is 6.18. The minimum absolute atomic E-state index is 0.0193. The van der Waals surface area contributed by atoms with Gasteiger partial charge in [-0.2, -0.15) is 0 Å². The Hall–Kier alpha value is -2.33. The van der Waals surface area contributed by atoms with Crippen LogP contribution in [0.15, 0.2) is 48.5 Å². The summed E-state index contributed by atoms with van der Waals surface area (Å²) >= 11 is 0. The summed E-state index contributed by atoms with van der Waals surface area (Å²) in [5.41, 5.74) is 9.71. The van der Waals surface area contributed by atoms with Gasteiger partial charge in [-0.15, -0.1) is 0 Å². The number of carbonyl (C=O) groups excluding carboxylic acids is 1. The first-order valence-corrected chi connectivity index (χ1v) is 7.94. The van der Waals surface area contributed by atoms with E-state index >= 15 is 0 Å². The van der Waals surface area contributed by atoms with Crippen molar-refractivity contribution in [3.8, 4) is 0 Å². The predicted octanol–water partition coefficient (Wildman–Crippen LogP) is 2.58. The van der Waals surface area contributed by atoms with Crippen molar-refractivity contribution in [2.24, 2.45) is 0 Å². The molecule has 3 N–H and O–H groups in total. The fourth-order valence-corrected chi connectivity index (χ4v) is 2.35. The van der Waals surface area contributed by atoms with Crippen LogP contribution in [0, 0.1) is 0 Å². The first-order valence-electron chi connectivity index (χ1n) is 7.94. The molecule has 0 saturated heterocycles. The van der Waals surface area contributed by atoms with Gasteiger partial charge < -0.3 is 16.0 Å². The van der Waals surface area contributed by atoms with Crippen molar-refractivity contribution in [2.45, 2.75) is 26.4 Å². The van der Waals surface area contributed by atoms with E-state index in [1.165, 1.54) is 5.56 Å². The standard InChI is InChI=1S/C19H25N3O/c1-3-22(2)14-17-6-4-5-16(11-17)13-21-19(23)12-15-7-9-18(20)10-8-15/h4-11H,3,12-14,20H2,1-2H3,(H,21,23). The van der Waals surface area contributed by atoms with Crippen molar-refractivity contribution >= 4 is 11.6 Å². The van der Waals surface area contributed by atoms with Crippen molar-refractivity contribution < 1.29 is 4.79 Å². The highest BCUT2D eigenvalue weighted by Gasteiger charge is 2.04. The molecule has 0 aromatic heterocycles. The first-order chi connectivity index (χ1) is 11.1. The molecule has 1 amide bonds. The summed E-state index contributed by atoms with van der Waals surface area (Å²) in [6.07, 6.45) is 0.374. The minimum Gasteiger partial charge on any atom is -0.399 e. The van der Waals surface area contributed by atoms with Crippen LogP contribution in [0.3, 0.4) is 0 Å². The third-order valence-electron chi connectivity index (χ3n) is 3.82. The Morgan fingerprint density at radius 2 is 1.78 bits per heavy atom. The Morgan fingerprint density at radius 3 is 2.48 bits per heavy atom. The van der Waals surface area contributed by atoms with Gasteiger partial charge in [0, 0.05) is 18.8 Å².